The van der Waals surface area contributed by atoms with E-state index < -0.39 is 41.5 Å². The summed E-state index contributed by atoms with van der Waals surface area (Å²) >= 11 is 0. The number of hydrogen-bond donors (Lipinski definition) is 1. The predicted molar refractivity (Wildman–Crippen MR) is 136 cm³/mol. The SMILES string of the molecule is CC1=NN(c2ccc(S(=O)(=O)[O-])cc2)C(=O)/C1=C\C=C(/C)c1c(C)[nH]n(-c2ccc(S(=O)(=O)[O-])cc2)c1=O.[K+].[K+]. The molecule has 16 heteroatoms. The molecule has 0 saturated heterocycles. The van der Waals surface area contributed by atoms with Gasteiger partial charge in [-0.1, -0.05) is 6.08 Å². The quantitative estimate of drug-likeness (QED) is 0.162. The third-order valence-corrected chi connectivity index (χ3v) is 7.48. The summed E-state index contributed by atoms with van der Waals surface area (Å²) in [7, 11) is -9.25. The van der Waals surface area contributed by atoms with Crippen molar-refractivity contribution in [3.8, 4) is 5.69 Å². The first kappa shape index (κ1) is 35.4. The summed E-state index contributed by atoms with van der Waals surface area (Å²) in [5.74, 6) is -0.485. The van der Waals surface area contributed by atoms with Crippen molar-refractivity contribution in [1.82, 2.24) is 9.78 Å². The van der Waals surface area contributed by atoms with Crippen molar-refractivity contribution in [1.29, 1.82) is 0 Å². The number of aryl methyl sites for hydroxylation is 1. The van der Waals surface area contributed by atoms with E-state index in [1.54, 1.807) is 26.8 Å². The number of hydrogen-bond acceptors (Lipinski definition) is 9. The second-order valence-electron chi connectivity index (χ2n) is 8.38. The van der Waals surface area contributed by atoms with E-state index in [2.05, 4.69) is 10.2 Å². The summed E-state index contributed by atoms with van der Waals surface area (Å²) in [6, 6.07) is 9.67. The number of aromatic nitrogens is 2. The van der Waals surface area contributed by atoms with Gasteiger partial charge in [-0.2, -0.15) is 10.1 Å². The zero-order valence-electron chi connectivity index (χ0n) is 22.2. The van der Waals surface area contributed by atoms with Gasteiger partial charge in [-0.05, 0) is 81.0 Å². The second-order valence-corrected chi connectivity index (χ2v) is 11.1. The zero-order chi connectivity index (χ0) is 28.0. The minimum Gasteiger partial charge on any atom is -0.744 e. The summed E-state index contributed by atoms with van der Waals surface area (Å²) in [4.78, 5) is 25.2. The topological polar surface area (TPSA) is 185 Å². The zero-order valence-corrected chi connectivity index (χ0v) is 30.1. The number of benzene rings is 2. The molecular formula is C24H20K2N4O8S2. The smallest absolute Gasteiger partial charge is 0.744 e. The third kappa shape index (κ3) is 7.56. The second kappa shape index (κ2) is 13.6. The van der Waals surface area contributed by atoms with Crippen LogP contribution in [0.5, 0.6) is 0 Å². The van der Waals surface area contributed by atoms with Gasteiger partial charge in [-0.25, -0.2) is 21.5 Å². The normalized spacial score (nSPS) is 15.1. The van der Waals surface area contributed by atoms with Gasteiger partial charge in [0.15, 0.2) is 0 Å². The first-order chi connectivity index (χ1) is 17.7. The fraction of sp³-hybridized carbons (Fsp3) is 0.125. The molecule has 0 saturated carbocycles. The first-order valence-electron chi connectivity index (χ1n) is 10.9. The van der Waals surface area contributed by atoms with E-state index in [4.69, 9.17) is 0 Å². The fourth-order valence-electron chi connectivity index (χ4n) is 3.89. The van der Waals surface area contributed by atoms with Crippen LogP contribution in [-0.4, -0.2) is 47.3 Å². The van der Waals surface area contributed by atoms with Gasteiger partial charge in [0.2, 0.25) is 0 Å². The molecule has 40 heavy (non-hydrogen) atoms. The molecule has 1 aliphatic rings. The van der Waals surface area contributed by atoms with Crippen LogP contribution in [0.3, 0.4) is 0 Å². The fourth-order valence-corrected chi connectivity index (χ4v) is 4.82. The van der Waals surface area contributed by atoms with Gasteiger partial charge in [0, 0.05) is 5.69 Å². The molecule has 2 aromatic carbocycles. The first-order valence-corrected chi connectivity index (χ1v) is 13.7. The summed E-state index contributed by atoms with van der Waals surface area (Å²) in [6.45, 7) is 4.97. The number of amides is 1. The van der Waals surface area contributed by atoms with E-state index in [0.29, 0.717) is 28.2 Å². The number of nitrogens with zero attached hydrogens (tertiary/aromatic N) is 3. The monoisotopic (exact) mass is 634 g/mol. The van der Waals surface area contributed by atoms with Crippen LogP contribution in [0.15, 0.2) is 85.9 Å². The molecule has 4 rings (SSSR count). The Bertz CT molecular complexity index is 1820. The molecule has 0 aliphatic carbocycles. The molecule has 1 amide bonds. The maximum atomic E-state index is 13.1. The van der Waals surface area contributed by atoms with E-state index >= 15 is 0 Å². The largest absolute Gasteiger partial charge is 1.00 e. The number of allylic oxidation sites excluding steroid dienone is 3. The maximum absolute atomic E-state index is 13.1. The summed E-state index contributed by atoms with van der Waals surface area (Å²) in [6.07, 6.45) is 3.09. The van der Waals surface area contributed by atoms with E-state index in [-0.39, 0.29) is 114 Å². The van der Waals surface area contributed by atoms with Gasteiger partial charge in [-0.15, -0.1) is 0 Å². The minimum atomic E-state index is -4.63. The van der Waals surface area contributed by atoms with E-state index in [1.807, 2.05) is 0 Å². The van der Waals surface area contributed by atoms with E-state index in [1.165, 1.54) is 35.0 Å². The predicted octanol–water partition coefficient (Wildman–Crippen LogP) is -3.96. The van der Waals surface area contributed by atoms with Crippen molar-refractivity contribution in [3.05, 3.63) is 87.9 Å². The molecule has 0 fully saturated rings. The average Bonchev–Trinajstić information content (AvgIpc) is 3.30. The Balaban J connectivity index is 0.00000280. The molecule has 1 aromatic heterocycles. The van der Waals surface area contributed by atoms with Crippen LogP contribution in [0.1, 0.15) is 25.1 Å². The Kier molecular flexibility index (Phi) is 12.1. The minimum absolute atomic E-state index is 0. The van der Waals surface area contributed by atoms with Gasteiger partial charge in [0.05, 0.1) is 38.0 Å². The Labute approximate surface area is 315 Å². The summed E-state index contributed by atoms with van der Waals surface area (Å²) in [5, 5.41) is 8.19. The van der Waals surface area contributed by atoms with Crippen molar-refractivity contribution in [3.63, 3.8) is 0 Å². The number of aromatic amines is 1. The number of carbonyl (C=O) groups excluding carboxylic acids is 1. The Morgan fingerprint density at radius 2 is 1.32 bits per heavy atom. The number of rotatable bonds is 6. The van der Waals surface area contributed by atoms with Crippen molar-refractivity contribution < 1.29 is 134 Å². The van der Waals surface area contributed by atoms with Crippen LogP contribution in [0, 0.1) is 6.92 Å². The van der Waals surface area contributed by atoms with Crippen LogP contribution < -0.4 is 113 Å². The summed E-state index contributed by atoms with van der Waals surface area (Å²) < 4.78 is 68.1. The molecule has 0 radical (unpaired) electrons. The number of anilines is 1. The van der Waals surface area contributed by atoms with Crippen molar-refractivity contribution >= 4 is 43.1 Å². The van der Waals surface area contributed by atoms with Crippen LogP contribution in [0.25, 0.3) is 11.3 Å². The Hall–Kier alpha value is -0.837. The average molecular weight is 635 g/mol. The summed E-state index contributed by atoms with van der Waals surface area (Å²) in [5.41, 5.74) is 2.16. The third-order valence-electron chi connectivity index (χ3n) is 5.78. The van der Waals surface area contributed by atoms with Crippen LogP contribution in [0.4, 0.5) is 5.69 Å². The van der Waals surface area contributed by atoms with Crippen LogP contribution >= 0.6 is 0 Å². The molecule has 0 bridgehead atoms. The molecular weight excluding hydrogens is 615 g/mol. The Morgan fingerprint density at radius 1 is 0.850 bits per heavy atom. The molecule has 1 aliphatic heterocycles. The number of H-pyrrole nitrogens is 1. The maximum Gasteiger partial charge on any atom is 1.00 e. The van der Waals surface area contributed by atoms with Crippen molar-refractivity contribution in [2.75, 3.05) is 5.01 Å². The number of hydrazone groups is 1. The van der Waals surface area contributed by atoms with Crippen LogP contribution in [-0.2, 0) is 25.0 Å². The standard InChI is InChI=1S/C24H22N4O8S2.2K/c1-14(22-16(3)26-28(24(22)30)18-7-11-20(12-8-18)38(34,35)36)4-13-21-15(2)25-27(23(21)29)17-5-9-19(10-6-17)37(31,32)33;;/h4-13,26H,1-3H3,(H,31,32,33)(H,34,35,36);;/q;2*+1/p-2/b14-4+,21-13-;;. The molecule has 3 aromatic rings. The Morgan fingerprint density at radius 3 is 1.80 bits per heavy atom. The molecule has 2 heterocycles. The molecule has 1 N–H and O–H groups in total. The van der Waals surface area contributed by atoms with Crippen LogP contribution in [0.2, 0.25) is 0 Å². The van der Waals surface area contributed by atoms with Gasteiger partial charge in [0.25, 0.3) is 11.5 Å². The molecule has 0 spiro atoms. The molecule has 12 nitrogen and oxygen atoms in total. The van der Waals surface area contributed by atoms with Crippen molar-refractivity contribution in [2.45, 2.75) is 30.6 Å². The number of carbonyl (C=O) groups is 1. The molecule has 198 valence electrons. The van der Waals surface area contributed by atoms with E-state index in [9.17, 15) is 35.5 Å². The van der Waals surface area contributed by atoms with Gasteiger partial charge < -0.3 is 9.11 Å². The van der Waals surface area contributed by atoms with Gasteiger partial charge >= 0.3 is 103 Å². The number of nitrogens with one attached hydrogen (secondary N) is 1. The molecule has 0 atom stereocenters. The van der Waals surface area contributed by atoms with E-state index in [0.717, 1.165) is 29.3 Å². The van der Waals surface area contributed by atoms with Crippen molar-refractivity contribution in [2.24, 2.45) is 5.10 Å². The van der Waals surface area contributed by atoms with Gasteiger partial charge in [0.1, 0.15) is 20.2 Å². The van der Waals surface area contributed by atoms with Gasteiger partial charge in [-0.3, -0.25) is 14.7 Å². The molecule has 0 unspecified atom stereocenters.